The molecule has 0 aliphatic carbocycles. The van der Waals surface area contributed by atoms with E-state index in [0.29, 0.717) is 13.2 Å². The lowest BCUT2D eigenvalue weighted by molar-refractivity contribution is -0.120. The molecule has 112 valence electrons. The summed E-state index contributed by atoms with van der Waals surface area (Å²) in [6, 6.07) is 5.89. The van der Waals surface area contributed by atoms with E-state index in [1.54, 1.807) is 6.07 Å². The molecule has 2 atom stereocenters. The lowest BCUT2D eigenvalue weighted by atomic mass is 10.0. The van der Waals surface area contributed by atoms with Gasteiger partial charge in [-0.1, -0.05) is 13.0 Å². The Morgan fingerprint density at radius 2 is 2.33 bits per heavy atom. The van der Waals surface area contributed by atoms with E-state index in [4.69, 9.17) is 10.00 Å². The molecule has 21 heavy (non-hydrogen) atoms. The van der Waals surface area contributed by atoms with Crippen molar-refractivity contribution in [2.45, 2.75) is 19.4 Å². The van der Waals surface area contributed by atoms with E-state index in [1.165, 1.54) is 18.2 Å². The van der Waals surface area contributed by atoms with E-state index in [1.807, 2.05) is 6.92 Å². The Bertz CT molecular complexity index is 556. The van der Waals surface area contributed by atoms with Crippen molar-refractivity contribution >= 4 is 11.6 Å². The van der Waals surface area contributed by atoms with Crippen LogP contribution in [-0.4, -0.2) is 31.7 Å². The molecule has 2 rings (SSSR count). The number of amides is 1. The summed E-state index contributed by atoms with van der Waals surface area (Å²) < 4.78 is 18.9. The minimum absolute atomic E-state index is 0.0518. The van der Waals surface area contributed by atoms with Gasteiger partial charge < -0.3 is 15.4 Å². The fourth-order valence-electron chi connectivity index (χ4n) is 2.31. The van der Waals surface area contributed by atoms with E-state index in [2.05, 4.69) is 10.6 Å². The summed E-state index contributed by atoms with van der Waals surface area (Å²) in [4.78, 5) is 12.3. The molecule has 6 heteroatoms. The van der Waals surface area contributed by atoms with Gasteiger partial charge in [0.25, 0.3) is 0 Å². The third-order valence-electron chi connectivity index (χ3n) is 3.46. The minimum Gasteiger partial charge on any atom is -0.379 e. The summed E-state index contributed by atoms with van der Waals surface area (Å²) in [5.41, 5.74) is 0.0477. The van der Waals surface area contributed by atoms with Gasteiger partial charge in [-0.2, -0.15) is 5.26 Å². The van der Waals surface area contributed by atoms with Gasteiger partial charge in [-0.3, -0.25) is 4.79 Å². The molecule has 0 saturated carbocycles. The SMILES string of the molecule is CCCNC1COCC1C(=O)Nc1cccc(F)c1C#N. The van der Waals surface area contributed by atoms with E-state index in [9.17, 15) is 9.18 Å². The maximum atomic E-state index is 13.5. The first-order valence-electron chi connectivity index (χ1n) is 6.98. The van der Waals surface area contributed by atoms with Crippen LogP contribution in [0.3, 0.4) is 0 Å². The summed E-state index contributed by atoms with van der Waals surface area (Å²) in [5, 5.41) is 14.9. The molecule has 1 aliphatic heterocycles. The lowest BCUT2D eigenvalue weighted by Gasteiger charge is -2.18. The molecule has 5 nitrogen and oxygen atoms in total. The zero-order valence-corrected chi connectivity index (χ0v) is 11.9. The highest BCUT2D eigenvalue weighted by atomic mass is 19.1. The van der Waals surface area contributed by atoms with Crippen molar-refractivity contribution in [1.82, 2.24) is 5.32 Å². The zero-order valence-electron chi connectivity index (χ0n) is 11.9. The first-order valence-corrected chi connectivity index (χ1v) is 6.98. The number of hydrogen-bond donors (Lipinski definition) is 2. The van der Waals surface area contributed by atoms with Crippen LogP contribution in [0.15, 0.2) is 18.2 Å². The predicted molar refractivity (Wildman–Crippen MR) is 76.1 cm³/mol. The lowest BCUT2D eigenvalue weighted by Crippen LogP contribution is -2.41. The minimum atomic E-state index is -0.640. The van der Waals surface area contributed by atoms with Gasteiger partial charge in [0.15, 0.2) is 0 Å². The Labute approximate surface area is 123 Å². The second-order valence-corrected chi connectivity index (χ2v) is 4.97. The highest BCUT2D eigenvalue weighted by molar-refractivity contribution is 5.94. The molecular formula is C15H18FN3O2. The van der Waals surface area contributed by atoms with Gasteiger partial charge >= 0.3 is 0 Å². The maximum absolute atomic E-state index is 13.5. The van der Waals surface area contributed by atoms with Crippen LogP contribution in [0.2, 0.25) is 0 Å². The molecule has 1 aliphatic rings. The van der Waals surface area contributed by atoms with E-state index in [-0.39, 0.29) is 29.1 Å². The number of nitrogens with one attached hydrogen (secondary N) is 2. The van der Waals surface area contributed by atoms with Gasteiger partial charge in [0.2, 0.25) is 5.91 Å². The summed E-state index contributed by atoms with van der Waals surface area (Å²) in [7, 11) is 0. The van der Waals surface area contributed by atoms with Gasteiger partial charge in [-0.05, 0) is 25.1 Å². The van der Waals surface area contributed by atoms with Crippen molar-refractivity contribution in [3.8, 4) is 6.07 Å². The van der Waals surface area contributed by atoms with Crippen LogP contribution < -0.4 is 10.6 Å². The molecule has 1 saturated heterocycles. The molecule has 0 bridgehead atoms. The topological polar surface area (TPSA) is 74.2 Å². The average Bonchev–Trinajstić information content (AvgIpc) is 2.94. The van der Waals surface area contributed by atoms with Gasteiger partial charge in [-0.25, -0.2) is 4.39 Å². The molecule has 1 amide bonds. The summed E-state index contributed by atoms with van der Waals surface area (Å²) in [5.74, 6) is -1.24. The number of nitrogens with zero attached hydrogens (tertiary/aromatic N) is 1. The van der Waals surface area contributed by atoms with Gasteiger partial charge in [0, 0.05) is 6.04 Å². The Kier molecular flexibility index (Phi) is 5.26. The van der Waals surface area contributed by atoms with E-state index in [0.717, 1.165) is 13.0 Å². The van der Waals surface area contributed by atoms with Crippen LogP contribution in [0, 0.1) is 23.1 Å². The largest absolute Gasteiger partial charge is 0.379 e. The van der Waals surface area contributed by atoms with E-state index < -0.39 is 5.82 Å². The standard InChI is InChI=1S/C15H18FN3O2/c1-2-6-18-14-9-21-8-11(14)15(20)19-13-5-3-4-12(16)10(13)7-17/h3-5,11,14,18H,2,6,8-9H2,1H3,(H,19,20). The zero-order chi connectivity index (χ0) is 15.2. The fourth-order valence-corrected chi connectivity index (χ4v) is 2.31. The summed E-state index contributed by atoms with van der Waals surface area (Å²) in [6.07, 6.45) is 0.966. The van der Waals surface area contributed by atoms with Crippen LogP contribution in [0.25, 0.3) is 0 Å². The third kappa shape index (κ3) is 3.57. The second kappa shape index (κ2) is 7.16. The summed E-state index contributed by atoms with van der Waals surface area (Å²) in [6.45, 7) is 3.65. The van der Waals surface area contributed by atoms with E-state index >= 15 is 0 Å². The number of carbonyl (C=O) groups is 1. The van der Waals surface area contributed by atoms with Crippen LogP contribution in [0.5, 0.6) is 0 Å². The molecule has 1 heterocycles. The fraction of sp³-hybridized carbons (Fsp3) is 0.467. The van der Waals surface area contributed by atoms with Gasteiger partial charge in [0.05, 0.1) is 24.8 Å². The monoisotopic (exact) mass is 291 g/mol. The Morgan fingerprint density at radius 1 is 1.52 bits per heavy atom. The summed E-state index contributed by atoms with van der Waals surface area (Å²) >= 11 is 0. The highest BCUT2D eigenvalue weighted by Crippen LogP contribution is 2.21. The number of halogens is 1. The molecule has 0 spiro atoms. The first kappa shape index (κ1) is 15.4. The molecule has 2 unspecified atom stereocenters. The number of carbonyl (C=O) groups excluding carboxylic acids is 1. The first-order chi connectivity index (χ1) is 10.2. The van der Waals surface area contributed by atoms with Crippen LogP contribution in [0.4, 0.5) is 10.1 Å². The van der Waals surface area contributed by atoms with Gasteiger partial charge in [0.1, 0.15) is 17.4 Å². The van der Waals surface area contributed by atoms with Crippen molar-refractivity contribution < 1.29 is 13.9 Å². The van der Waals surface area contributed by atoms with Crippen molar-refractivity contribution in [1.29, 1.82) is 5.26 Å². The normalized spacial score (nSPS) is 21.0. The highest BCUT2D eigenvalue weighted by Gasteiger charge is 2.33. The maximum Gasteiger partial charge on any atom is 0.231 e. The van der Waals surface area contributed by atoms with Crippen molar-refractivity contribution in [3.05, 3.63) is 29.6 Å². The number of nitriles is 1. The Balaban J connectivity index is 2.08. The average molecular weight is 291 g/mol. The van der Waals surface area contributed by atoms with Crippen LogP contribution >= 0.6 is 0 Å². The molecule has 2 N–H and O–H groups in total. The number of ether oxygens (including phenoxy) is 1. The number of anilines is 1. The van der Waals surface area contributed by atoms with Crippen LogP contribution in [0.1, 0.15) is 18.9 Å². The second-order valence-electron chi connectivity index (χ2n) is 4.97. The molecule has 0 aromatic heterocycles. The predicted octanol–water partition coefficient (Wildman–Crippen LogP) is 1.65. The Hall–Kier alpha value is -1.97. The number of rotatable bonds is 5. The van der Waals surface area contributed by atoms with Crippen molar-refractivity contribution in [2.75, 3.05) is 25.1 Å². The number of benzene rings is 1. The van der Waals surface area contributed by atoms with Gasteiger partial charge in [-0.15, -0.1) is 0 Å². The molecule has 0 radical (unpaired) electrons. The Morgan fingerprint density at radius 3 is 3.05 bits per heavy atom. The number of hydrogen-bond acceptors (Lipinski definition) is 4. The van der Waals surface area contributed by atoms with Crippen molar-refractivity contribution in [2.24, 2.45) is 5.92 Å². The van der Waals surface area contributed by atoms with Crippen molar-refractivity contribution in [3.63, 3.8) is 0 Å². The molecule has 1 fully saturated rings. The quantitative estimate of drug-likeness (QED) is 0.865. The van der Waals surface area contributed by atoms with Crippen LogP contribution in [-0.2, 0) is 9.53 Å². The molecule has 1 aromatic rings. The smallest absolute Gasteiger partial charge is 0.231 e. The third-order valence-corrected chi connectivity index (χ3v) is 3.46. The molecule has 1 aromatic carbocycles. The molecular weight excluding hydrogens is 273 g/mol.